The minimum absolute atomic E-state index is 0.205. The first-order valence-electron chi connectivity index (χ1n) is 9.33. The van der Waals surface area contributed by atoms with Crippen LogP contribution in [0, 0.1) is 5.82 Å². The van der Waals surface area contributed by atoms with Crippen LogP contribution < -0.4 is 10.2 Å². The van der Waals surface area contributed by atoms with E-state index in [4.69, 9.17) is 4.74 Å². The quantitative estimate of drug-likeness (QED) is 0.666. The van der Waals surface area contributed by atoms with Crippen molar-refractivity contribution >= 4 is 17.7 Å². The number of amides is 2. The first kappa shape index (κ1) is 19.5. The van der Waals surface area contributed by atoms with Crippen LogP contribution in [-0.4, -0.2) is 51.2 Å². The van der Waals surface area contributed by atoms with Crippen LogP contribution in [0.2, 0.25) is 0 Å². The zero-order chi connectivity index (χ0) is 21.1. The summed E-state index contributed by atoms with van der Waals surface area (Å²) in [6.07, 6.45) is 2.74. The smallest absolute Gasteiger partial charge is 0.414 e. The highest BCUT2D eigenvalue weighted by Crippen LogP contribution is 2.25. The Bertz CT molecular complexity index is 1070. The molecule has 1 fully saturated rings. The second-order valence-electron chi connectivity index (χ2n) is 6.84. The molecule has 1 atom stereocenters. The number of carbonyl (C=O) groups excluding carboxylic acids is 2. The number of anilines is 1. The van der Waals surface area contributed by atoms with Gasteiger partial charge in [0.2, 0.25) is 5.91 Å². The maximum Gasteiger partial charge on any atom is 0.414 e. The van der Waals surface area contributed by atoms with Gasteiger partial charge in [0, 0.05) is 25.2 Å². The number of nitrogens with zero attached hydrogens (tertiary/aromatic N) is 5. The van der Waals surface area contributed by atoms with Gasteiger partial charge in [-0.2, -0.15) is 0 Å². The maximum atomic E-state index is 14.8. The Morgan fingerprint density at radius 3 is 2.90 bits per heavy atom. The molecule has 30 heavy (non-hydrogen) atoms. The van der Waals surface area contributed by atoms with Gasteiger partial charge in [0.25, 0.3) is 0 Å². The average Bonchev–Trinajstić information content (AvgIpc) is 3.33. The predicted molar refractivity (Wildman–Crippen MR) is 105 cm³/mol. The normalized spacial score (nSPS) is 15.9. The third-order valence-electron chi connectivity index (χ3n) is 4.57. The number of aromatic nitrogens is 4. The summed E-state index contributed by atoms with van der Waals surface area (Å²) in [4.78, 5) is 28.7. The van der Waals surface area contributed by atoms with Crippen LogP contribution in [0.3, 0.4) is 0 Å². The molecule has 0 radical (unpaired) electrons. The number of pyridine rings is 1. The largest absolute Gasteiger partial charge is 0.442 e. The van der Waals surface area contributed by atoms with Gasteiger partial charge < -0.3 is 10.1 Å². The third kappa shape index (κ3) is 4.27. The summed E-state index contributed by atoms with van der Waals surface area (Å²) in [5.74, 6) is -0.768. The topological polar surface area (TPSA) is 102 Å². The molecule has 1 N–H and O–H groups in total. The van der Waals surface area contributed by atoms with Crippen LogP contribution in [0.1, 0.15) is 18.3 Å². The van der Waals surface area contributed by atoms with E-state index in [2.05, 4.69) is 20.6 Å². The molecule has 3 aromatic rings. The van der Waals surface area contributed by atoms with Crippen molar-refractivity contribution in [2.45, 2.75) is 19.4 Å². The van der Waals surface area contributed by atoms with Crippen molar-refractivity contribution < 1.29 is 18.7 Å². The Hall–Kier alpha value is -3.82. The predicted octanol–water partition coefficient (Wildman–Crippen LogP) is 1.85. The number of halogens is 1. The summed E-state index contributed by atoms with van der Waals surface area (Å²) in [6, 6.07) is 9.98. The zero-order valence-electron chi connectivity index (χ0n) is 16.2. The highest BCUT2D eigenvalue weighted by molar-refractivity contribution is 5.90. The Labute approximate surface area is 171 Å². The van der Waals surface area contributed by atoms with E-state index in [0.29, 0.717) is 17.8 Å². The Balaban J connectivity index is 1.47. The lowest BCUT2D eigenvalue weighted by Gasteiger charge is -2.14. The molecule has 4 rings (SSSR count). The van der Waals surface area contributed by atoms with E-state index in [1.165, 1.54) is 28.6 Å². The van der Waals surface area contributed by atoms with Crippen LogP contribution in [-0.2, 0) is 16.0 Å². The summed E-state index contributed by atoms with van der Waals surface area (Å²) in [5, 5.41) is 10.7. The van der Waals surface area contributed by atoms with Gasteiger partial charge in [0.1, 0.15) is 11.8 Å². The Kier molecular flexibility index (Phi) is 5.38. The fraction of sp³-hybridized carbons (Fsp3) is 0.250. The Morgan fingerprint density at radius 2 is 2.17 bits per heavy atom. The van der Waals surface area contributed by atoms with Crippen molar-refractivity contribution in [3.05, 3.63) is 66.0 Å². The molecule has 0 bridgehead atoms. The second kappa shape index (κ2) is 8.27. The molecule has 1 unspecified atom stereocenters. The van der Waals surface area contributed by atoms with E-state index in [9.17, 15) is 14.0 Å². The van der Waals surface area contributed by atoms with Crippen LogP contribution in [0.5, 0.6) is 0 Å². The van der Waals surface area contributed by atoms with Gasteiger partial charge in [-0.25, -0.2) is 13.9 Å². The highest BCUT2D eigenvalue weighted by Gasteiger charge is 2.32. The van der Waals surface area contributed by atoms with Gasteiger partial charge in [0.15, 0.2) is 5.82 Å². The summed E-state index contributed by atoms with van der Waals surface area (Å²) in [5.41, 5.74) is 2.06. The minimum Gasteiger partial charge on any atom is -0.442 e. The van der Waals surface area contributed by atoms with Gasteiger partial charge >= 0.3 is 6.09 Å². The third-order valence-corrected chi connectivity index (χ3v) is 4.57. The molecule has 9 nitrogen and oxygen atoms in total. The number of benzene rings is 1. The van der Waals surface area contributed by atoms with Crippen LogP contribution in [0.15, 0.2) is 48.8 Å². The second-order valence-corrected chi connectivity index (χ2v) is 6.84. The monoisotopic (exact) mass is 410 g/mol. The lowest BCUT2D eigenvalue weighted by atomic mass is 10.2. The van der Waals surface area contributed by atoms with Gasteiger partial charge in [-0.1, -0.05) is 11.3 Å². The first-order chi connectivity index (χ1) is 14.5. The number of carbonyl (C=O) groups is 2. The molecule has 1 saturated heterocycles. The number of nitrogens with one attached hydrogen (secondary N) is 1. The number of hydrogen-bond acceptors (Lipinski definition) is 6. The van der Waals surface area contributed by atoms with E-state index in [-0.39, 0.29) is 24.7 Å². The molecular formula is C20H19FN6O3. The number of rotatable bonds is 6. The molecule has 2 amide bonds. The molecule has 3 heterocycles. The summed E-state index contributed by atoms with van der Waals surface area (Å²) in [7, 11) is 0. The van der Waals surface area contributed by atoms with Crippen molar-refractivity contribution in [2.24, 2.45) is 0 Å². The molecule has 1 aliphatic heterocycles. The molecule has 0 saturated carbocycles. The van der Waals surface area contributed by atoms with Crippen LogP contribution >= 0.6 is 0 Å². The first-order valence-corrected chi connectivity index (χ1v) is 9.33. The summed E-state index contributed by atoms with van der Waals surface area (Å²) < 4.78 is 21.3. The molecular weight excluding hydrogens is 391 g/mol. The Morgan fingerprint density at radius 1 is 1.30 bits per heavy atom. The minimum atomic E-state index is -0.587. The van der Waals surface area contributed by atoms with Gasteiger partial charge in [-0.3, -0.25) is 14.7 Å². The SMILES string of the molecule is CC(=O)NCC1CN(c2ccc(-n3cc(Cc4ccccn4)nn3)c(F)c2)C(=O)O1. The van der Waals surface area contributed by atoms with E-state index in [0.717, 1.165) is 5.69 Å². The lowest BCUT2D eigenvalue weighted by molar-refractivity contribution is -0.119. The van der Waals surface area contributed by atoms with Crippen LogP contribution in [0.4, 0.5) is 14.9 Å². The average molecular weight is 410 g/mol. The van der Waals surface area contributed by atoms with E-state index in [1.807, 2.05) is 18.2 Å². The lowest BCUT2D eigenvalue weighted by Crippen LogP contribution is -2.33. The molecule has 0 spiro atoms. The zero-order valence-corrected chi connectivity index (χ0v) is 16.2. The molecule has 2 aromatic heterocycles. The van der Waals surface area contributed by atoms with Crippen molar-refractivity contribution in [3.63, 3.8) is 0 Å². The molecule has 1 aliphatic rings. The molecule has 154 valence electrons. The van der Waals surface area contributed by atoms with E-state index < -0.39 is 18.0 Å². The number of cyclic esters (lactones) is 1. The fourth-order valence-electron chi connectivity index (χ4n) is 3.13. The molecule has 0 aliphatic carbocycles. The van der Waals surface area contributed by atoms with Crippen molar-refractivity contribution in [2.75, 3.05) is 18.0 Å². The van der Waals surface area contributed by atoms with Gasteiger partial charge in [0.05, 0.1) is 30.7 Å². The summed E-state index contributed by atoms with van der Waals surface area (Å²) >= 11 is 0. The van der Waals surface area contributed by atoms with Crippen molar-refractivity contribution in [1.29, 1.82) is 0 Å². The molecule has 1 aromatic carbocycles. The molecule has 10 heteroatoms. The van der Waals surface area contributed by atoms with Crippen LogP contribution in [0.25, 0.3) is 5.69 Å². The standard InChI is InChI=1S/C20H19FN6O3/c1-13(28)23-10-17-12-26(20(29)30-17)16-5-6-19(18(21)9-16)27-11-15(24-25-27)8-14-4-2-3-7-22-14/h2-7,9,11,17H,8,10,12H2,1H3,(H,23,28). The van der Waals surface area contributed by atoms with Crippen molar-refractivity contribution in [1.82, 2.24) is 25.3 Å². The number of hydrogen-bond donors (Lipinski definition) is 1. The fourth-order valence-corrected chi connectivity index (χ4v) is 3.13. The number of ether oxygens (including phenoxy) is 1. The summed E-state index contributed by atoms with van der Waals surface area (Å²) in [6.45, 7) is 1.81. The van der Waals surface area contributed by atoms with Gasteiger partial charge in [-0.15, -0.1) is 5.10 Å². The van der Waals surface area contributed by atoms with E-state index >= 15 is 0 Å². The highest BCUT2D eigenvalue weighted by atomic mass is 19.1. The maximum absolute atomic E-state index is 14.8. The van der Waals surface area contributed by atoms with E-state index in [1.54, 1.807) is 18.5 Å². The van der Waals surface area contributed by atoms with Gasteiger partial charge in [-0.05, 0) is 30.3 Å². The van der Waals surface area contributed by atoms with Crippen molar-refractivity contribution in [3.8, 4) is 5.69 Å².